The summed E-state index contributed by atoms with van der Waals surface area (Å²) in [6.07, 6.45) is 2.36. The molecule has 0 unspecified atom stereocenters. The van der Waals surface area contributed by atoms with Gasteiger partial charge < -0.3 is 0 Å². The standard InChI is InChI=1S/C11H11N3OS/c1-16-11-12-10(15)9(13-14-11)7-8-5-3-2-4-6-8/h2-6H,7H2,1H3,(H,12,14,15). The van der Waals surface area contributed by atoms with Gasteiger partial charge in [0.05, 0.1) is 0 Å². The fourth-order valence-electron chi connectivity index (χ4n) is 1.34. The van der Waals surface area contributed by atoms with E-state index < -0.39 is 0 Å². The number of aromatic amines is 1. The number of nitrogens with zero attached hydrogens (tertiary/aromatic N) is 2. The molecular weight excluding hydrogens is 222 g/mol. The summed E-state index contributed by atoms with van der Waals surface area (Å²) in [6.45, 7) is 0. The number of rotatable bonds is 3. The number of hydrogen-bond acceptors (Lipinski definition) is 4. The third-order valence-corrected chi connectivity index (χ3v) is 2.72. The van der Waals surface area contributed by atoms with Crippen LogP contribution in [0.15, 0.2) is 40.3 Å². The van der Waals surface area contributed by atoms with Crippen molar-refractivity contribution in [1.29, 1.82) is 0 Å². The fraction of sp³-hybridized carbons (Fsp3) is 0.182. The maximum Gasteiger partial charge on any atom is 0.273 e. The molecule has 0 bridgehead atoms. The van der Waals surface area contributed by atoms with Crippen molar-refractivity contribution in [3.8, 4) is 0 Å². The third kappa shape index (κ3) is 2.49. The minimum atomic E-state index is -0.164. The lowest BCUT2D eigenvalue weighted by Gasteiger charge is -2.00. The molecule has 2 aromatic rings. The van der Waals surface area contributed by atoms with Crippen molar-refractivity contribution in [3.05, 3.63) is 51.9 Å². The highest BCUT2D eigenvalue weighted by Gasteiger charge is 2.04. The van der Waals surface area contributed by atoms with Crippen LogP contribution in [-0.4, -0.2) is 21.4 Å². The largest absolute Gasteiger partial charge is 0.298 e. The predicted octanol–water partition coefficient (Wildman–Crippen LogP) is 1.48. The van der Waals surface area contributed by atoms with Crippen LogP contribution in [0.4, 0.5) is 0 Å². The first-order chi connectivity index (χ1) is 7.79. The van der Waals surface area contributed by atoms with E-state index in [1.165, 1.54) is 11.8 Å². The number of H-pyrrole nitrogens is 1. The number of nitrogens with one attached hydrogen (secondary N) is 1. The van der Waals surface area contributed by atoms with Crippen LogP contribution in [0.1, 0.15) is 11.3 Å². The molecule has 5 heteroatoms. The predicted molar refractivity (Wildman–Crippen MR) is 63.7 cm³/mol. The van der Waals surface area contributed by atoms with E-state index in [4.69, 9.17) is 0 Å². The molecule has 0 fully saturated rings. The maximum atomic E-state index is 11.6. The Hall–Kier alpha value is -1.62. The van der Waals surface area contributed by atoms with E-state index in [0.717, 1.165) is 5.56 Å². The highest BCUT2D eigenvalue weighted by molar-refractivity contribution is 7.98. The minimum Gasteiger partial charge on any atom is -0.298 e. The van der Waals surface area contributed by atoms with E-state index in [1.807, 2.05) is 36.6 Å². The lowest BCUT2D eigenvalue weighted by atomic mass is 10.1. The molecule has 0 saturated heterocycles. The zero-order valence-electron chi connectivity index (χ0n) is 8.80. The minimum absolute atomic E-state index is 0.164. The SMILES string of the molecule is CSc1nnc(Cc2ccccc2)c(=O)[nH]1. The van der Waals surface area contributed by atoms with E-state index in [-0.39, 0.29) is 5.56 Å². The van der Waals surface area contributed by atoms with Gasteiger partial charge in [0.15, 0.2) is 5.16 Å². The van der Waals surface area contributed by atoms with E-state index in [9.17, 15) is 4.79 Å². The molecule has 16 heavy (non-hydrogen) atoms. The summed E-state index contributed by atoms with van der Waals surface area (Å²) >= 11 is 1.37. The van der Waals surface area contributed by atoms with E-state index in [2.05, 4.69) is 15.2 Å². The summed E-state index contributed by atoms with van der Waals surface area (Å²) in [5.74, 6) is 0. The van der Waals surface area contributed by atoms with Crippen LogP contribution in [0.5, 0.6) is 0 Å². The summed E-state index contributed by atoms with van der Waals surface area (Å²) in [4.78, 5) is 14.3. The van der Waals surface area contributed by atoms with Crippen molar-refractivity contribution in [2.75, 3.05) is 6.26 Å². The van der Waals surface area contributed by atoms with Crippen molar-refractivity contribution in [1.82, 2.24) is 15.2 Å². The molecular formula is C11H11N3OS. The Labute approximate surface area is 97.1 Å². The van der Waals surface area contributed by atoms with E-state index in [1.54, 1.807) is 0 Å². The van der Waals surface area contributed by atoms with Gasteiger partial charge in [-0.1, -0.05) is 42.1 Å². The lowest BCUT2D eigenvalue weighted by molar-refractivity contribution is 0.773. The fourth-order valence-corrected chi connectivity index (χ4v) is 1.66. The van der Waals surface area contributed by atoms with Crippen LogP contribution in [-0.2, 0) is 6.42 Å². The molecule has 1 heterocycles. The zero-order chi connectivity index (χ0) is 11.4. The molecule has 1 aromatic carbocycles. The first-order valence-corrected chi connectivity index (χ1v) is 6.06. The van der Waals surface area contributed by atoms with Gasteiger partial charge in [0.2, 0.25) is 0 Å². The number of hydrogen-bond donors (Lipinski definition) is 1. The molecule has 1 aromatic heterocycles. The van der Waals surface area contributed by atoms with Gasteiger partial charge in [-0.2, -0.15) is 0 Å². The molecule has 0 saturated carbocycles. The Bertz CT molecular complexity index is 524. The molecule has 0 aliphatic heterocycles. The number of thioether (sulfide) groups is 1. The van der Waals surface area contributed by atoms with Crippen molar-refractivity contribution < 1.29 is 0 Å². The molecule has 0 spiro atoms. The monoisotopic (exact) mass is 233 g/mol. The van der Waals surface area contributed by atoms with E-state index >= 15 is 0 Å². The summed E-state index contributed by atoms with van der Waals surface area (Å²) in [5.41, 5.74) is 1.34. The average molecular weight is 233 g/mol. The average Bonchev–Trinajstić information content (AvgIpc) is 2.33. The van der Waals surface area contributed by atoms with Gasteiger partial charge in [-0.15, -0.1) is 10.2 Å². The zero-order valence-corrected chi connectivity index (χ0v) is 9.62. The molecule has 0 amide bonds. The quantitative estimate of drug-likeness (QED) is 0.816. The van der Waals surface area contributed by atoms with Gasteiger partial charge in [-0.05, 0) is 11.8 Å². The molecule has 2 rings (SSSR count). The van der Waals surface area contributed by atoms with Gasteiger partial charge in [-0.3, -0.25) is 9.78 Å². The summed E-state index contributed by atoms with van der Waals surface area (Å²) in [7, 11) is 0. The van der Waals surface area contributed by atoms with Crippen LogP contribution < -0.4 is 5.56 Å². The number of benzene rings is 1. The van der Waals surface area contributed by atoms with E-state index in [0.29, 0.717) is 17.3 Å². The summed E-state index contributed by atoms with van der Waals surface area (Å²) < 4.78 is 0. The Balaban J connectivity index is 2.26. The van der Waals surface area contributed by atoms with Gasteiger partial charge in [0.25, 0.3) is 5.56 Å². The van der Waals surface area contributed by atoms with Gasteiger partial charge in [0.1, 0.15) is 5.69 Å². The molecule has 0 aliphatic carbocycles. The van der Waals surface area contributed by atoms with Crippen molar-refractivity contribution in [3.63, 3.8) is 0 Å². The Morgan fingerprint density at radius 1 is 1.25 bits per heavy atom. The summed E-state index contributed by atoms with van der Waals surface area (Å²) in [6, 6.07) is 9.74. The highest BCUT2D eigenvalue weighted by Crippen LogP contribution is 2.05. The molecule has 4 nitrogen and oxygen atoms in total. The highest BCUT2D eigenvalue weighted by atomic mass is 32.2. The lowest BCUT2D eigenvalue weighted by Crippen LogP contribution is -2.17. The maximum absolute atomic E-state index is 11.6. The van der Waals surface area contributed by atoms with Gasteiger partial charge in [0, 0.05) is 6.42 Å². The smallest absolute Gasteiger partial charge is 0.273 e. The van der Waals surface area contributed by atoms with Gasteiger partial charge >= 0.3 is 0 Å². The second-order valence-electron chi connectivity index (χ2n) is 3.27. The molecule has 0 radical (unpaired) electrons. The third-order valence-electron chi connectivity index (χ3n) is 2.15. The molecule has 0 aliphatic rings. The second-order valence-corrected chi connectivity index (χ2v) is 4.07. The molecule has 0 atom stereocenters. The number of aromatic nitrogens is 3. The topological polar surface area (TPSA) is 58.6 Å². The first kappa shape index (κ1) is 10.9. The van der Waals surface area contributed by atoms with Crippen LogP contribution >= 0.6 is 11.8 Å². The first-order valence-electron chi connectivity index (χ1n) is 4.83. The Morgan fingerprint density at radius 2 is 2.00 bits per heavy atom. The van der Waals surface area contributed by atoms with Crippen LogP contribution in [0.25, 0.3) is 0 Å². The second kappa shape index (κ2) is 4.94. The van der Waals surface area contributed by atoms with Crippen LogP contribution in [0, 0.1) is 0 Å². The van der Waals surface area contributed by atoms with Crippen LogP contribution in [0.2, 0.25) is 0 Å². The normalized spacial score (nSPS) is 10.3. The van der Waals surface area contributed by atoms with Crippen molar-refractivity contribution in [2.24, 2.45) is 0 Å². The summed E-state index contributed by atoms with van der Waals surface area (Å²) in [5, 5.41) is 8.38. The van der Waals surface area contributed by atoms with Crippen LogP contribution in [0.3, 0.4) is 0 Å². The van der Waals surface area contributed by atoms with Crippen molar-refractivity contribution in [2.45, 2.75) is 11.6 Å². The molecule has 82 valence electrons. The Kier molecular flexibility index (Phi) is 3.36. The van der Waals surface area contributed by atoms with Gasteiger partial charge in [-0.25, -0.2) is 0 Å². The molecule has 1 N–H and O–H groups in total. The van der Waals surface area contributed by atoms with Crippen molar-refractivity contribution >= 4 is 11.8 Å². The Morgan fingerprint density at radius 3 is 2.62 bits per heavy atom.